The van der Waals surface area contributed by atoms with E-state index in [1.54, 1.807) is 13.2 Å². The molecule has 2 amide bonds. The van der Waals surface area contributed by atoms with Crippen LogP contribution in [-0.2, 0) is 6.42 Å². The first kappa shape index (κ1) is 16.7. The minimum atomic E-state index is -0.229. The number of nitrogens with one attached hydrogen (secondary N) is 2. The summed E-state index contributed by atoms with van der Waals surface area (Å²) >= 11 is 0. The van der Waals surface area contributed by atoms with E-state index in [1.165, 1.54) is 0 Å². The van der Waals surface area contributed by atoms with Gasteiger partial charge in [0.2, 0.25) is 0 Å². The number of hydrogen-bond acceptors (Lipinski definition) is 3. The molecule has 0 radical (unpaired) electrons. The highest BCUT2D eigenvalue weighted by atomic mass is 16.5. The zero-order valence-electron chi connectivity index (χ0n) is 13.5. The minimum Gasteiger partial charge on any atom is -0.497 e. The quantitative estimate of drug-likeness (QED) is 0.823. The molecule has 0 aliphatic carbocycles. The molecule has 2 rings (SSSR count). The summed E-state index contributed by atoms with van der Waals surface area (Å²) in [5.41, 5.74) is 1.85. The summed E-state index contributed by atoms with van der Waals surface area (Å²) in [6.45, 7) is 3.08. The van der Waals surface area contributed by atoms with E-state index < -0.39 is 0 Å². The first-order chi connectivity index (χ1) is 11.2. The molecule has 0 heterocycles. The van der Waals surface area contributed by atoms with Gasteiger partial charge in [-0.25, -0.2) is 4.79 Å². The molecular weight excluding hydrogens is 292 g/mol. The van der Waals surface area contributed by atoms with Gasteiger partial charge in [-0.05, 0) is 43.2 Å². The van der Waals surface area contributed by atoms with Crippen LogP contribution in [-0.4, -0.2) is 26.3 Å². The lowest BCUT2D eigenvalue weighted by molar-refractivity contribution is 0.252. The summed E-state index contributed by atoms with van der Waals surface area (Å²) in [6, 6.07) is 14.9. The molecule has 0 unspecified atom stereocenters. The van der Waals surface area contributed by atoms with Gasteiger partial charge in [0.15, 0.2) is 0 Å². The maximum Gasteiger partial charge on any atom is 0.319 e. The van der Waals surface area contributed by atoms with E-state index in [9.17, 15) is 4.79 Å². The Morgan fingerprint density at radius 1 is 1.09 bits per heavy atom. The number of carbonyl (C=O) groups is 1. The summed E-state index contributed by atoms with van der Waals surface area (Å²) in [7, 11) is 1.64. The Bertz CT molecular complexity index is 626. The van der Waals surface area contributed by atoms with Gasteiger partial charge in [-0.3, -0.25) is 0 Å². The van der Waals surface area contributed by atoms with E-state index in [1.807, 2.05) is 49.4 Å². The van der Waals surface area contributed by atoms with Crippen molar-refractivity contribution >= 4 is 11.7 Å². The van der Waals surface area contributed by atoms with Crippen molar-refractivity contribution in [2.75, 3.05) is 25.6 Å². The molecule has 0 spiro atoms. The van der Waals surface area contributed by atoms with Crippen molar-refractivity contribution < 1.29 is 14.3 Å². The second kappa shape index (κ2) is 8.68. The van der Waals surface area contributed by atoms with Gasteiger partial charge in [0.25, 0.3) is 0 Å². The van der Waals surface area contributed by atoms with Crippen LogP contribution in [0.4, 0.5) is 10.5 Å². The average Bonchev–Trinajstić information content (AvgIpc) is 2.56. The van der Waals surface area contributed by atoms with Crippen LogP contribution in [0.2, 0.25) is 0 Å². The van der Waals surface area contributed by atoms with Crippen LogP contribution < -0.4 is 20.1 Å². The van der Waals surface area contributed by atoms with Crippen molar-refractivity contribution in [3.63, 3.8) is 0 Å². The zero-order chi connectivity index (χ0) is 16.5. The van der Waals surface area contributed by atoms with Gasteiger partial charge >= 0.3 is 6.03 Å². The monoisotopic (exact) mass is 314 g/mol. The lowest BCUT2D eigenvalue weighted by Gasteiger charge is -2.09. The van der Waals surface area contributed by atoms with Gasteiger partial charge in [0, 0.05) is 18.3 Å². The topological polar surface area (TPSA) is 59.6 Å². The van der Waals surface area contributed by atoms with Crippen molar-refractivity contribution in [1.29, 1.82) is 0 Å². The molecule has 0 fully saturated rings. The fourth-order valence-electron chi connectivity index (χ4n) is 2.12. The van der Waals surface area contributed by atoms with E-state index in [0.717, 1.165) is 23.5 Å². The third-order valence-electron chi connectivity index (χ3n) is 3.26. The molecule has 122 valence electrons. The van der Waals surface area contributed by atoms with Crippen molar-refractivity contribution in [1.82, 2.24) is 5.32 Å². The number of carbonyl (C=O) groups excluding carboxylic acids is 1. The normalized spacial score (nSPS) is 10.0. The van der Waals surface area contributed by atoms with E-state index in [2.05, 4.69) is 10.6 Å². The summed E-state index contributed by atoms with van der Waals surface area (Å²) in [5, 5.41) is 5.63. The van der Waals surface area contributed by atoms with Crippen LogP contribution >= 0.6 is 0 Å². The van der Waals surface area contributed by atoms with Crippen LogP contribution in [0.5, 0.6) is 11.5 Å². The Morgan fingerprint density at radius 3 is 2.57 bits per heavy atom. The Kier molecular flexibility index (Phi) is 6.29. The van der Waals surface area contributed by atoms with Crippen LogP contribution in [0, 0.1) is 0 Å². The van der Waals surface area contributed by atoms with Crippen molar-refractivity contribution in [2.24, 2.45) is 0 Å². The molecule has 0 aromatic heterocycles. The Morgan fingerprint density at radius 2 is 1.87 bits per heavy atom. The molecular formula is C18H22N2O3. The van der Waals surface area contributed by atoms with Crippen molar-refractivity contribution in [2.45, 2.75) is 13.3 Å². The second-order valence-corrected chi connectivity index (χ2v) is 4.94. The first-order valence-corrected chi connectivity index (χ1v) is 7.62. The largest absolute Gasteiger partial charge is 0.497 e. The number of urea groups is 1. The molecule has 0 saturated heterocycles. The van der Waals surface area contributed by atoms with Crippen LogP contribution in [0.15, 0.2) is 48.5 Å². The summed E-state index contributed by atoms with van der Waals surface area (Å²) in [5.74, 6) is 1.57. The lowest BCUT2D eigenvalue weighted by atomic mass is 10.1. The fourth-order valence-corrected chi connectivity index (χ4v) is 2.12. The van der Waals surface area contributed by atoms with E-state index in [-0.39, 0.29) is 6.03 Å². The number of methoxy groups -OCH3 is 1. The van der Waals surface area contributed by atoms with Gasteiger partial charge in [-0.2, -0.15) is 0 Å². The molecule has 5 heteroatoms. The van der Waals surface area contributed by atoms with E-state index in [4.69, 9.17) is 9.47 Å². The number of amides is 2. The minimum absolute atomic E-state index is 0.229. The average molecular weight is 314 g/mol. The fraction of sp³-hybridized carbons (Fsp3) is 0.278. The number of ether oxygens (including phenoxy) is 2. The molecule has 0 saturated carbocycles. The van der Waals surface area contributed by atoms with Crippen molar-refractivity contribution in [3.8, 4) is 11.5 Å². The van der Waals surface area contributed by atoms with Gasteiger partial charge < -0.3 is 20.1 Å². The molecule has 5 nitrogen and oxygen atoms in total. The molecule has 0 aliphatic heterocycles. The molecule has 2 aromatic rings. The molecule has 0 aliphatic rings. The maximum absolute atomic E-state index is 11.9. The predicted octanol–water partition coefficient (Wildman–Crippen LogP) is 3.46. The zero-order valence-corrected chi connectivity index (χ0v) is 13.5. The number of rotatable bonds is 7. The van der Waals surface area contributed by atoms with E-state index >= 15 is 0 Å². The standard InChI is InChI=1S/C18H22N2O3/c1-3-23-17-6-4-5-15(13-17)20-18(21)19-12-11-14-7-9-16(22-2)10-8-14/h4-10,13H,3,11-12H2,1-2H3,(H2,19,20,21). The Hall–Kier alpha value is -2.69. The van der Waals surface area contributed by atoms with Crippen molar-refractivity contribution in [3.05, 3.63) is 54.1 Å². The third kappa shape index (κ3) is 5.54. The highest BCUT2D eigenvalue weighted by Crippen LogP contribution is 2.17. The van der Waals surface area contributed by atoms with Gasteiger partial charge in [-0.15, -0.1) is 0 Å². The van der Waals surface area contributed by atoms with Gasteiger partial charge in [0.05, 0.1) is 13.7 Å². The molecule has 2 N–H and O–H groups in total. The van der Waals surface area contributed by atoms with Gasteiger partial charge in [0.1, 0.15) is 11.5 Å². The first-order valence-electron chi connectivity index (χ1n) is 7.62. The maximum atomic E-state index is 11.9. The molecule has 0 atom stereocenters. The number of anilines is 1. The van der Waals surface area contributed by atoms with E-state index in [0.29, 0.717) is 18.8 Å². The van der Waals surface area contributed by atoms with Crippen LogP contribution in [0.3, 0.4) is 0 Å². The Balaban J connectivity index is 1.77. The molecule has 0 bridgehead atoms. The summed E-state index contributed by atoms with van der Waals surface area (Å²) in [4.78, 5) is 11.9. The summed E-state index contributed by atoms with van der Waals surface area (Å²) < 4.78 is 10.5. The van der Waals surface area contributed by atoms with Gasteiger partial charge in [-0.1, -0.05) is 18.2 Å². The Labute approximate surface area is 136 Å². The SMILES string of the molecule is CCOc1cccc(NC(=O)NCCc2ccc(OC)cc2)c1. The summed E-state index contributed by atoms with van der Waals surface area (Å²) in [6.07, 6.45) is 0.760. The second-order valence-electron chi connectivity index (χ2n) is 4.94. The third-order valence-corrected chi connectivity index (χ3v) is 3.26. The molecule has 23 heavy (non-hydrogen) atoms. The van der Waals surface area contributed by atoms with Crippen LogP contribution in [0.1, 0.15) is 12.5 Å². The number of benzene rings is 2. The lowest BCUT2D eigenvalue weighted by Crippen LogP contribution is -2.30. The molecule has 2 aromatic carbocycles. The van der Waals surface area contributed by atoms with Crippen LogP contribution in [0.25, 0.3) is 0 Å². The highest BCUT2D eigenvalue weighted by Gasteiger charge is 2.03. The smallest absolute Gasteiger partial charge is 0.319 e. The highest BCUT2D eigenvalue weighted by molar-refractivity contribution is 5.89. The predicted molar refractivity (Wildman–Crippen MR) is 91.3 cm³/mol. The number of hydrogen-bond donors (Lipinski definition) is 2.